The molecule has 0 radical (unpaired) electrons. The first kappa shape index (κ1) is 16.0. The molecular formula is C14H18BrClFNO2. The highest BCUT2D eigenvalue weighted by atomic mass is 79.9. The molecule has 1 aliphatic heterocycles. The maximum atomic E-state index is 13.4. The van der Waals surface area contributed by atoms with Crippen LogP contribution in [0.4, 0.5) is 4.39 Å². The van der Waals surface area contributed by atoms with Crippen LogP contribution in [0.3, 0.4) is 0 Å². The van der Waals surface area contributed by atoms with Crippen molar-refractivity contribution in [2.45, 2.75) is 32.0 Å². The van der Waals surface area contributed by atoms with Crippen molar-refractivity contribution in [1.29, 1.82) is 0 Å². The summed E-state index contributed by atoms with van der Waals surface area (Å²) in [6.07, 6.45) is 2.47. The van der Waals surface area contributed by atoms with E-state index in [9.17, 15) is 4.39 Å². The summed E-state index contributed by atoms with van der Waals surface area (Å²) in [6.45, 7) is 4.29. The van der Waals surface area contributed by atoms with Gasteiger partial charge in [0.1, 0.15) is 17.7 Å². The summed E-state index contributed by atoms with van der Waals surface area (Å²) in [6, 6.07) is 2.79. The van der Waals surface area contributed by atoms with Crippen molar-refractivity contribution in [3.8, 4) is 5.75 Å². The third-order valence-electron chi connectivity index (χ3n) is 3.13. The van der Waals surface area contributed by atoms with Gasteiger partial charge in [-0.05, 0) is 41.8 Å². The van der Waals surface area contributed by atoms with Gasteiger partial charge < -0.3 is 14.8 Å². The number of hydrogen-bond acceptors (Lipinski definition) is 3. The number of halogens is 3. The van der Waals surface area contributed by atoms with E-state index in [0.29, 0.717) is 22.9 Å². The van der Waals surface area contributed by atoms with E-state index in [2.05, 4.69) is 21.2 Å². The second-order valence-corrected chi connectivity index (χ2v) is 6.18. The van der Waals surface area contributed by atoms with E-state index in [-0.39, 0.29) is 11.1 Å². The van der Waals surface area contributed by atoms with Crippen LogP contribution in [0.2, 0.25) is 5.02 Å². The maximum Gasteiger partial charge on any atom is 0.145 e. The van der Waals surface area contributed by atoms with Gasteiger partial charge in [-0.15, -0.1) is 0 Å². The van der Waals surface area contributed by atoms with E-state index in [1.54, 1.807) is 0 Å². The van der Waals surface area contributed by atoms with Gasteiger partial charge >= 0.3 is 0 Å². The molecule has 1 aromatic carbocycles. The average molecular weight is 367 g/mol. The fourth-order valence-corrected chi connectivity index (χ4v) is 2.84. The number of rotatable bonds is 6. The van der Waals surface area contributed by atoms with Gasteiger partial charge in [0.05, 0.1) is 15.6 Å². The lowest BCUT2D eigenvalue weighted by Gasteiger charge is -2.18. The number of benzene rings is 1. The summed E-state index contributed by atoms with van der Waals surface area (Å²) < 4.78 is 25.3. The number of hydrogen-bond donors (Lipinski definition) is 1. The fourth-order valence-electron chi connectivity index (χ4n) is 2.11. The SMILES string of the molecule is CC(CNCC1CCCO1)Oc1cc(F)c(Cl)cc1Br. The lowest BCUT2D eigenvalue weighted by molar-refractivity contribution is 0.106. The van der Waals surface area contributed by atoms with Gasteiger partial charge in [-0.2, -0.15) is 0 Å². The van der Waals surface area contributed by atoms with Crippen LogP contribution in [-0.4, -0.2) is 31.9 Å². The molecule has 112 valence electrons. The van der Waals surface area contributed by atoms with E-state index in [1.165, 1.54) is 12.1 Å². The molecule has 1 N–H and O–H groups in total. The molecule has 1 aliphatic rings. The van der Waals surface area contributed by atoms with Gasteiger partial charge in [-0.3, -0.25) is 0 Å². The normalized spacial score (nSPS) is 20.1. The predicted molar refractivity (Wildman–Crippen MR) is 81.0 cm³/mol. The Morgan fingerprint density at radius 3 is 3.10 bits per heavy atom. The third-order valence-corrected chi connectivity index (χ3v) is 4.04. The minimum atomic E-state index is -0.482. The summed E-state index contributed by atoms with van der Waals surface area (Å²) in [5.41, 5.74) is 0. The van der Waals surface area contributed by atoms with Gasteiger partial charge in [-0.1, -0.05) is 11.6 Å². The Labute approximate surface area is 131 Å². The zero-order valence-corrected chi connectivity index (χ0v) is 13.6. The molecule has 20 heavy (non-hydrogen) atoms. The first-order valence-electron chi connectivity index (χ1n) is 6.70. The Morgan fingerprint density at radius 1 is 1.60 bits per heavy atom. The highest BCUT2D eigenvalue weighted by Crippen LogP contribution is 2.31. The van der Waals surface area contributed by atoms with Crippen molar-refractivity contribution >= 4 is 27.5 Å². The summed E-state index contributed by atoms with van der Waals surface area (Å²) in [5.74, 6) is -0.0253. The number of ether oxygens (including phenoxy) is 2. The lowest BCUT2D eigenvalue weighted by atomic mass is 10.2. The van der Waals surface area contributed by atoms with Gasteiger partial charge in [0.15, 0.2) is 0 Å². The van der Waals surface area contributed by atoms with Crippen molar-refractivity contribution in [2.75, 3.05) is 19.7 Å². The Morgan fingerprint density at radius 2 is 2.40 bits per heavy atom. The lowest BCUT2D eigenvalue weighted by Crippen LogP contribution is -2.34. The standard InChI is InChI=1S/C14H18BrClFNO2/c1-9(7-18-8-10-3-2-4-19-10)20-14-6-13(17)12(16)5-11(14)15/h5-6,9-10,18H,2-4,7-8H2,1H3. The van der Waals surface area contributed by atoms with E-state index in [4.69, 9.17) is 21.1 Å². The topological polar surface area (TPSA) is 30.5 Å². The maximum absolute atomic E-state index is 13.4. The Hall–Kier alpha value is -0.360. The molecule has 0 bridgehead atoms. The Balaban J connectivity index is 1.78. The molecule has 3 nitrogen and oxygen atoms in total. The first-order chi connectivity index (χ1) is 9.56. The molecule has 2 unspecified atom stereocenters. The minimum absolute atomic E-state index is 0.0757. The van der Waals surface area contributed by atoms with Gasteiger partial charge in [0.25, 0.3) is 0 Å². The van der Waals surface area contributed by atoms with Crippen molar-refractivity contribution in [1.82, 2.24) is 5.32 Å². The molecule has 1 fully saturated rings. The predicted octanol–water partition coefficient (Wildman–Crippen LogP) is 3.78. The number of nitrogens with one attached hydrogen (secondary N) is 1. The summed E-state index contributed by atoms with van der Waals surface area (Å²) in [5, 5.41) is 3.38. The summed E-state index contributed by atoms with van der Waals surface area (Å²) >= 11 is 9.01. The van der Waals surface area contributed by atoms with E-state index >= 15 is 0 Å². The molecule has 0 spiro atoms. The van der Waals surface area contributed by atoms with Gasteiger partial charge in [0.2, 0.25) is 0 Å². The van der Waals surface area contributed by atoms with Crippen molar-refractivity contribution in [3.05, 3.63) is 27.4 Å². The second kappa shape index (κ2) is 7.59. The highest BCUT2D eigenvalue weighted by Gasteiger charge is 2.16. The monoisotopic (exact) mass is 365 g/mol. The average Bonchev–Trinajstić information content (AvgIpc) is 2.89. The van der Waals surface area contributed by atoms with Crippen LogP contribution >= 0.6 is 27.5 Å². The van der Waals surface area contributed by atoms with Crippen molar-refractivity contribution < 1.29 is 13.9 Å². The van der Waals surface area contributed by atoms with Gasteiger partial charge in [-0.25, -0.2) is 4.39 Å². The Kier molecular flexibility index (Phi) is 6.08. The molecule has 1 aromatic rings. The Bertz CT molecular complexity index is 455. The van der Waals surface area contributed by atoms with Crippen molar-refractivity contribution in [3.63, 3.8) is 0 Å². The zero-order valence-electron chi connectivity index (χ0n) is 11.3. The van der Waals surface area contributed by atoms with Crippen LogP contribution in [0, 0.1) is 5.82 Å². The molecule has 0 aliphatic carbocycles. The first-order valence-corrected chi connectivity index (χ1v) is 7.87. The minimum Gasteiger partial charge on any atom is -0.488 e. The van der Waals surface area contributed by atoms with E-state index in [0.717, 1.165) is 26.0 Å². The molecule has 0 aromatic heterocycles. The highest BCUT2D eigenvalue weighted by molar-refractivity contribution is 9.10. The van der Waals surface area contributed by atoms with Crippen molar-refractivity contribution in [2.24, 2.45) is 0 Å². The van der Waals surface area contributed by atoms with Crippen LogP contribution < -0.4 is 10.1 Å². The smallest absolute Gasteiger partial charge is 0.145 e. The molecular weight excluding hydrogens is 349 g/mol. The van der Waals surface area contributed by atoms with E-state index < -0.39 is 5.82 Å². The molecule has 1 saturated heterocycles. The van der Waals surface area contributed by atoms with Crippen LogP contribution in [0.25, 0.3) is 0 Å². The summed E-state index contributed by atoms with van der Waals surface area (Å²) in [4.78, 5) is 0. The molecule has 0 amide bonds. The molecule has 6 heteroatoms. The quantitative estimate of drug-likeness (QED) is 0.777. The third kappa shape index (κ3) is 4.58. The van der Waals surface area contributed by atoms with Crippen LogP contribution in [0.5, 0.6) is 5.75 Å². The fraction of sp³-hybridized carbons (Fsp3) is 0.571. The molecule has 2 atom stereocenters. The molecule has 2 rings (SSSR count). The second-order valence-electron chi connectivity index (χ2n) is 4.92. The largest absolute Gasteiger partial charge is 0.488 e. The van der Waals surface area contributed by atoms with E-state index in [1.807, 2.05) is 6.92 Å². The summed E-state index contributed by atoms with van der Waals surface area (Å²) in [7, 11) is 0. The van der Waals surface area contributed by atoms with Crippen LogP contribution in [0.1, 0.15) is 19.8 Å². The van der Waals surface area contributed by atoms with Crippen LogP contribution in [-0.2, 0) is 4.74 Å². The van der Waals surface area contributed by atoms with Crippen LogP contribution in [0.15, 0.2) is 16.6 Å². The zero-order chi connectivity index (χ0) is 14.5. The molecule has 1 heterocycles. The molecule has 0 saturated carbocycles. The van der Waals surface area contributed by atoms with Gasteiger partial charge in [0, 0.05) is 25.8 Å².